The normalized spacial score (nSPS) is 25.3. The fourth-order valence-electron chi connectivity index (χ4n) is 3.43. The highest BCUT2D eigenvalue weighted by molar-refractivity contribution is 8.03. The first kappa shape index (κ1) is 15.3. The van der Waals surface area contributed by atoms with Gasteiger partial charge in [0.1, 0.15) is 0 Å². The van der Waals surface area contributed by atoms with Crippen LogP contribution >= 0.6 is 11.8 Å². The minimum Gasteiger partial charge on any atom is -0.323 e. The molecule has 1 fully saturated rings. The molecule has 1 N–H and O–H groups in total. The first-order chi connectivity index (χ1) is 11.4. The number of anilines is 2. The summed E-state index contributed by atoms with van der Waals surface area (Å²) in [5, 5.41) is 2.67. The van der Waals surface area contributed by atoms with Crippen molar-refractivity contribution in [3.05, 3.63) is 59.2 Å². The third-order valence-corrected chi connectivity index (χ3v) is 6.31. The second-order valence-corrected chi connectivity index (χ2v) is 7.88. The molecule has 1 spiro atoms. The lowest BCUT2D eigenvalue weighted by Crippen LogP contribution is -2.47. The molecule has 122 valence electrons. The van der Waals surface area contributed by atoms with E-state index in [1.54, 1.807) is 4.90 Å². The van der Waals surface area contributed by atoms with Crippen LogP contribution in [0.1, 0.15) is 23.6 Å². The maximum atomic E-state index is 13.0. The van der Waals surface area contributed by atoms with Gasteiger partial charge < -0.3 is 5.32 Å². The molecule has 2 amide bonds. The van der Waals surface area contributed by atoms with Crippen LogP contribution in [-0.2, 0) is 14.5 Å². The maximum absolute atomic E-state index is 13.0. The Balaban J connectivity index is 1.95. The van der Waals surface area contributed by atoms with E-state index in [0.717, 1.165) is 28.1 Å². The number of thioether (sulfide) groups is 1. The van der Waals surface area contributed by atoms with Crippen molar-refractivity contribution in [1.29, 1.82) is 0 Å². The molecule has 5 heteroatoms. The number of hydrogen-bond acceptors (Lipinski definition) is 3. The van der Waals surface area contributed by atoms with Gasteiger partial charge in [0, 0.05) is 16.9 Å². The zero-order chi connectivity index (χ0) is 17.1. The van der Waals surface area contributed by atoms with Crippen molar-refractivity contribution >= 4 is 35.0 Å². The fourth-order valence-corrected chi connectivity index (χ4v) is 4.91. The summed E-state index contributed by atoms with van der Waals surface area (Å²) in [7, 11) is 0. The van der Waals surface area contributed by atoms with Gasteiger partial charge in [-0.3, -0.25) is 14.5 Å². The summed E-state index contributed by atoms with van der Waals surface area (Å²) in [5.41, 5.74) is 4.68. The van der Waals surface area contributed by atoms with Crippen LogP contribution in [0.25, 0.3) is 0 Å². The summed E-state index contributed by atoms with van der Waals surface area (Å²) in [5.74, 6) is -0.181. The lowest BCUT2D eigenvalue weighted by molar-refractivity contribution is -0.122. The molecule has 2 atom stereocenters. The van der Waals surface area contributed by atoms with Crippen molar-refractivity contribution in [2.75, 3.05) is 10.2 Å². The quantitative estimate of drug-likeness (QED) is 0.865. The number of nitrogens with one attached hydrogen (secondary N) is 1. The molecule has 0 radical (unpaired) electrons. The molecule has 4 rings (SSSR count). The van der Waals surface area contributed by atoms with Gasteiger partial charge >= 0.3 is 0 Å². The number of carbonyl (C=O) groups is 2. The number of hydrogen-bond donors (Lipinski definition) is 1. The number of nitrogens with zero attached hydrogens (tertiary/aromatic N) is 1. The molecule has 0 unspecified atom stereocenters. The first-order valence-corrected chi connectivity index (χ1v) is 8.83. The molecule has 0 aliphatic carbocycles. The maximum Gasteiger partial charge on any atom is 0.266 e. The Hall–Kier alpha value is -2.27. The minimum atomic E-state index is -1.02. The van der Waals surface area contributed by atoms with E-state index >= 15 is 0 Å². The van der Waals surface area contributed by atoms with Gasteiger partial charge in [-0.2, -0.15) is 0 Å². The SMILES string of the molecule is Cc1ccc(N2C(=O)[C@H](C)S[C@]23C(=O)Nc2ccccc23)cc1C. The van der Waals surface area contributed by atoms with Gasteiger partial charge in [0.25, 0.3) is 5.91 Å². The zero-order valence-electron chi connectivity index (χ0n) is 13.8. The molecule has 2 aromatic rings. The van der Waals surface area contributed by atoms with Gasteiger partial charge in [-0.05, 0) is 50.1 Å². The van der Waals surface area contributed by atoms with Gasteiger partial charge in [-0.25, -0.2) is 0 Å². The fraction of sp³-hybridized carbons (Fsp3) is 0.263. The molecule has 2 heterocycles. The number of rotatable bonds is 1. The highest BCUT2D eigenvalue weighted by Crippen LogP contribution is 2.55. The second-order valence-electron chi connectivity index (χ2n) is 6.35. The summed E-state index contributed by atoms with van der Waals surface area (Å²) >= 11 is 1.41. The molecule has 0 saturated carbocycles. The Morgan fingerprint density at radius 1 is 1.08 bits per heavy atom. The van der Waals surface area contributed by atoms with E-state index in [1.165, 1.54) is 11.8 Å². The molecule has 2 aliphatic heterocycles. The summed E-state index contributed by atoms with van der Waals surface area (Å²) in [6.45, 7) is 5.92. The Morgan fingerprint density at radius 3 is 2.58 bits per heavy atom. The molecule has 2 aliphatic rings. The summed E-state index contributed by atoms with van der Waals surface area (Å²) < 4.78 is 0. The number of fused-ring (bicyclic) bond motifs is 2. The van der Waals surface area contributed by atoms with Crippen LogP contribution in [0.3, 0.4) is 0 Å². The lowest BCUT2D eigenvalue weighted by atomic mass is 10.0. The monoisotopic (exact) mass is 338 g/mol. The molecular weight excluding hydrogens is 320 g/mol. The van der Waals surface area contributed by atoms with Crippen LogP contribution < -0.4 is 10.2 Å². The van der Waals surface area contributed by atoms with Crippen LogP contribution in [0.15, 0.2) is 42.5 Å². The van der Waals surface area contributed by atoms with E-state index in [-0.39, 0.29) is 17.1 Å². The van der Waals surface area contributed by atoms with Crippen molar-refractivity contribution < 1.29 is 9.59 Å². The second kappa shape index (κ2) is 5.11. The van der Waals surface area contributed by atoms with Crippen molar-refractivity contribution in [2.45, 2.75) is 30.9 Å². The number of benzene rings is 2. The van der Waals surface area contributed by atoms with Gasteiger partial charge in [0.05, 0.1) is 5.25 Å². The first-order valence-electron chi connectivity index (χ1n) is 7.95. The zero-order valence-corrected chi connectivity index (χ0v) is 14.6. The van der Waals surface area contributed by atoms with E-state index in [0.29, 0.717) is 0 Å². The number of para-hydroxylation sites is 1. The predicted molar refractivity (Wildman–Crippen MR) is 97.2 cm³/mol. The van der Waals surface area contributed by atoms with Crippen LogP contribution in [-0.4, -0.2) is 17.1 Å². The van der Waals surface area contributed by atoms with Crippen molar-refractivity contribution in [1.82, 2.24) is 0 Å². The van der Waals surface area contributed by atoms with Crippen molar-refractivity contribution in [3.63, 3.8) is 0 Å². The van der Waals surface area contributed by atoms with Crippen LogP contribution in [0, 0.1) is 13.8 Å². The van der Waals surface area contributed by atoms with Crippen molar-refractivity contribution in [3.8, 4) is 0 Å². The summed E-state index contributed by atoms with van der Waals surface area (Å²) in [6.07, 6.45) is 0. The number of carbonyl (C=O) groups excluding carboxylic acids is 2. The topological polar surface area (TPSA) is 49.4 Å². The Morgan fingerprint density at radius 2 is 1.83 bits per heavy atom. The third kappa shape index (κ3) is 1.88. The predicted octanol–water partition coefficient (Wildman–Crippen LogP) is 3.58. The minimum absolute atomic E-state index is 0.0323. The number of aryl methyl sites for hydroxylation is 2. The average Bonchev–Trinajstić information content (AvgIpc) is 2.98. The van der Waals surface area contributed by atoms with Crippen LogP contribution in [0.5, 0.6) is 0 Å². The third-order valence-electron chi connectivity index (χ3n) is 4.83. The Kier molecular flexibility index (Phi) is 3.25. The largest absolute Gasteiger partial charge is 0.323 e. The Bertz CT molecular complexity index is 879. The molecule has 0 aromatic heterocycles. The van der Waals surface area contributed by atoms with E-state index in [2.05, 4.69) is 5.32 Å². The molecule has 24 heavy (non-hydrogen) atoms. The summed E-state index contributed by atoms with van der Waals surface area (Å²) in [6, 6.07) is 13.5. The lowest BCUT2D eigenvalue weighted by Gasteiger charge is -2.32. The smallest absolute Gasteiger partial charge is 0.266 e. The van der Waals surface area contributed by atoms with E-state index in [9.17, 15) is 9.59 Å². The number of amides is 2. The average molecular weight is 338 g/mol. The Labute approximate surface area is 145 Å². The highest BCUT2D eigenvalue weighted by Gasteiger charge is 2.60. The van der Waals surface area contributed by atoms with Gasteiger partial charge in [0.15, 0.2) is 0 Å². The van der Waals surface area contributed by atoms with Gasteiger partial charge in [0.2, 0.25) is 10.8 Å². The van der Waals surface area contributed by atoms with E-state index in [1.807, 2.05) is 63.2 Å². The van der Waals surface area contributed by atoms with E-state index in [4.69, 9.17) is 0 Å². The van der Waals surface area contributed by atoms with Crippen LogP contribution in [0.2, 0.25) is 0 Å². The highest BCUT2D eigenvalue weighted by atomic mass is 32.2. The van der Waals surface area contributed by atoms with Crippen molar-refractivity contribution in [2.24, 2.45) is 0 Å². The molecule has 0 bridgehead atoms. The molecule has 1 saturated heterocycles. The van der Waals surface area contributed by atoms with Crippen LogP contribution in [0.4, 0.5) is 11.4 Å². The summed E-state index contributed by atoms with van der Waals surface area (Å²) in [4.78, 5) is 26.6. The van der Waals surface area contributed by atoms with Gasteiger partial charge in [-0.1, -0.05) is 24.3 Å². The standard InChI is InChI=1S/C19H18N2O2S/c1-11-8-9-14(10-12(11)2)21-17(22)13(3)24-19(21)15-6-4-5-7-16(15)20-18(19)23/h4-10,13H,1-3H3,(H,20,23)/t13-,19+/m0/s1. The molecular formula is C19H18N2O2S. The molecule has 2 aromatic carbocycles. The molecule has 4 nitrogen and oxygen atoms in total. The van der Waals surface area contributed by atoms with Gasteiger partial charge in [-0.15, -0.1) is 11.8 Å². The van der Waals surface area contributed by atoms with E-state index < -0.39 is 4.87 Å².